The summed E-state index contributed by atoms with van der Waals surface area (Å²) >= 11 is 0. The summed E-state index contributed by atoms with van der Waals surface area (Å²) in [7, 11) is 3.39. The first kappa shape index (κ1) is 13.7. The van der Waals surface area contributed by atoms with Gasteiger partial charge in [-0.25, -0.2) is 0 Å². The molecule has 4 nitrogen and oxygen atoms in total. The Labute approximate surface area is 120 Å². The zero-order valence-electron chi connectivity index (χ0n) is 12.2. The van der Waals surface area contributed by atoms with E-state index in [4.69, 9.17) is 14.2 Å². The van der Waals surface area contributed by atoms with Crippen molar-refractivity contribution in [3.63, 3.8) is 0 Å². The van der Waals surface area contributed by atoms with Gasteiger partial charge in [0.1, 0.15) is 11.5 Å². The van der Waals surface area contributed by atoms with Gasteiger partial charge in [-0.3, -0.25) is 0 Å². The van der Waals surface area contributed by atoms with E-state index in [2.05, 4.69) is 5.32 Å². The number of rotatable bonds is 6. The van der Waals surface area contributed by atoms with Crippen LogP contribution in [0.25, 0.3) is 0 Å². The molecule has 3 rings (SSSR count). The van der Waals surface area contributed by atoms with Crippen LogP contribution in [0.1, 0.15) is 24.8 Å². The van der Waals surface area contributed by atoms with Gasteiger partial charge in [0, 0.05) is 24.8 Å². The second kappa shape index (κ2) is 6.02. The van der Waals surface area contributed by atoms with Crippen molar-refractivity contribution in [3.8, 4) is 11.5 Å². The molecule has 4 heteroatoms. The van der Waals surface area contributed by atoms with E-state index in [1.54, 1.807) is 14.2 Å². The molecule has 20 heavy (non-hydrogen) atoms. The fourth-order valence-corrected chi connectivity index (χ4v) is 2.98. The van der Waals surface area contributed by atoms with Gasteiger partial charge in [0.2, 0.25) is 0 Å². The van der Waals surface area contributed by atoms with Crippen molar-refractivity contribution in [1.29, 1.82) is 0 Å². The van der Waals surface area contributed by atoms with Crippen molar-refractivity contribution in [2.24, 2.45) is 5.92 Å². The Morgan fingerprint density at radius 3 is 2.75 bits per heavy atom. The molecule has 2 atom stereocenters. The first-order chi connectivity index (χ1) is 9.81. The monoisotopic (exact) mass is 277 g/mol. The van der Waals surface area contributed by atoms with Crippen molar-refractivity contribution in [2.45, 2.75) is 38.0 Å². The average molecular weight is 277 g/mol. The highest BCUT2D eigenvalue weighted by Crippen LogP contribution is 2.39. The third kappa shape index (κ3) is 2.91. The van der Waals surface area contributed by atoms with Gasteiger partial charge in [0.05, 0.1) is 20.3 Å². The molecular formula is C16H23NO3. The van der Waals surface area contributed by atoms with Crippen LogP contribution in [0.4, 0.5) is 0 Å². The summed E-state index contributed by atoms with van der Waals surface area (Å²) in [4.78, 5) is 0. The molecule has 1 heterocycles. The zero-order chi connectivity index (χ0) is 13.9. The largest absolute Gasteiger partial charge is 0.497 e. The van der Waals surface area contributed by atoms with E-state index >= 15 is 0 Å². The Morgan fingerprint density at radius 2 is 2.05 bits per heavy atom. The van der Waals surface area contributed by atoms with E-state index in [9.17, 15) is 0 Å². The molecule has 0 spiro atoms. The van der Waals surface area contributed by atoms with E-state index in [1.807, 2.05) is 18.2 Å². The second-order valence-electron chi connectivity index (χ2n) is 5.63. The zero-order valence-corrected chi connectivity index (χ0v) is 12.2. The lowest BCUT2D eigenvalue weighted by Crippen LogP contribution is -2.37. The normalized spacial score (nSPS) is 25.7. The minimum atomic E-state index is 0.409. The first-order valence-corrected chi connectivity index (χ1v) is 7.37. The van der Waals surface area contributed by atoms with E-state index in [-0.39, 0.29) is 0 Å². The highest BCUT2D eigenvalue weighted by molar-refractivity contribution is 5.40. The van der Waals surface area contributed by atoms with Crippen molar-refractivity contribution in [2.75, 3.05) is 20.8 Å². The van der Waals surface area contributed by atoms with Gasteiger partial charge in [-0.05, 0) is 43.4 Å². The molecule has 110 valence electrons. The minimum absolute atomic E-state index is 0.409. The molecule has 1 saturated heterocycles. The maximum atomic E-state index is 5.86. The van der Waals surface area contributed by atoms with E-state index in [1.165, 1.54) is 12.8 Å². The Kier molecular flexibility index (Phi) is 4.13. The summed E-state index contributed by atoms with van der Waals surface area (Å²) in [5.74, 6) is 2.55. The van der Waals surface area contributed by atoms with Crippen LogP contribution in [0.15, 0.2) is 18.2 Å². The molecule has 1 aromatic rings. The SMILES string of the molecule is COc1ccc(OC)c(CNC2CCOC2C2CC2)c1. The Bertz CT molecular complexity index is 459. The molecule has 0 bridgehead atoms. The molecule has 0 amide bonds. The summed E-state index contributed by atoms with van der Waals surface area (Å²) in [6, 6.07) is 6.39. The van der Waals surface area contributed by atoms with Gasteiger partial charge in [0.15, 0.2) is 0 Å². The Morgan fingerprint density at radius 1 is 1.20 bits per heavy atom. The van der Waals surface area contributed by atoms with Crippen molar-refractivity contribution in [1.82, 2.24) is 5.32 Å². The summed E-state index contributed by atoms with van der Waals surface area (Å²) in [5.41, 5.74) is 1.13. The van der Waals surface area contributed by atoms with Crippen LogP contribution in [0, 0.1) is 5.92 Å². The highest BCUT2D eigenvalue weighted by Gasteiger charge is 2.40. The van der Waals surface area contributed by atoms with Crippen LogP contribution in [0.2, 0.25) is 0 Å². The smallest absolute Gasteiger partial charge is 0.123 e. The number of hydrogen-bond acceptors (Lipinski definition) is 4. The van der Waals surface area contributed by atoms with E-state index in [0.717, 1.165) is 42.6 Å². The maximum Gasteiger partial charge on any atom is 0.123 e. The lowest BCUT2D eigenvalue weighted by atomic mass is 10.1. The summed E-state index contributed by atoms with van der Waals surface area (Å²) in [6.45, 7) is 1.67. The Balaban J connectivity index is 1.64. The first-order valence-electron chi connectivity index (χ1n) is 7.37. The van der Waals surface area contributed by atoms with Crippen molar-refractivity contribution >= 4 is 0 Å². The van der Waals surface area contributed by atoms with Gasteiger partial charge in [-0.15, -0.1) is 0 Å². The fraction of sp³-hybridized carbons (Fsp3) is 0.625. The predicted molar refractivity (Wildman–Crippen MR) is 77.3 cm³/mol. The molecule has 1 aromatic carbocycles. The summed E-state index contributed by atoms with van der Waals surface area (Å²) in [6.07, 6.45) is 4.16. The molecule has 1 N–H and O–H groups in total. The number of nitrogens with one attached hydrogen (secondary N) is 1. The second-order valence-corrected chi connectivity index (χ2v) is 5.63. The van der Waals surface area contributed by atoms with Crippen LogP contribution in [0.3, 0.4) is 0 Å². The molecular weight excluding hydrogens is 254 g/mol. The third-order valence-electron chi connectivity index (χ3n) is 4.26. The maximum absolute atomic E-state index is 5.86. The fourth-order valence-electron chi connectivity index (χ4n) is 2.98. The number of hydrogen-bond donors (Lipinski definition) is 1. The number of benzene rings is 1. The van der Waals surface area contributed by atoms with Crippen LogP contribution in [-0.4, -0.2) is 33.0 Å². The van der Waals surface area contributed by atoms with Gasteiger partial charge in [-0.1, -0.05) is 0 Å². The standard InChI is InChI=1S/C16H23NO3/c1-18-13-5-6-15(19-2)12(9-13)10-17-14-7-8-20-16(14)11-3-4-11/h5-6,9,11,14,16-17H,3-4,7-8,10H2,1-2H3. The van der Waals surface area contributed by atoms with Gasteiger partial charge < -0.3 is 19.5 Å². The lowest BCUT2D eigenvalue weighted by molar-refractivity contribution is 0.0808. The van der Waals surface area contributed by atoms with Crippen LogP contribution in [0.5, 0.6) is 11.5 Å². The quantitative estimate of drug-likeness (QED) is 0.866. The molecule has 0 radical (unpaired) electrons. The average Bonchev–Trinajstić information content (AvgIpc) is 3.23. The van der Waals surface area contributed by atoms with Gasteiger partial charge >= 0.3 is 0 Å². The van der Waals surface area contributed by atoms with Gasteiger partial charge in [0.25, 0.3) is 0 Å². The molecule has 1 aliphatic heterocycles. The summed E-state index contributed by atoms with van der Waals surface area (Å²) < 4.78 is 16.6. The van der Waals surface area contributed by atoms with Crippen molar-refractivity contribution in [3.05, 3.63) is 23.8 Å². The topological polar surface area (TPSA) is 39.7 Å². The molecule has 1 saturated carbocycles. The molecule has 1 aliphatic carbocycles. The molecule has 2 aliphatic rings. The summed E-state index contributed by atoms with van der Waals surface area (Å²) in [5, 5.41) is 3.63. The minimum Gasteiger partial charge on any atom is -0.497 e. The molecule has 0 aromatic heterocycles. The van der Waals surface area contributed by atoms with E-state index < -0.39 is 0 Å². The third-order valence-corrected chi connectivity index (χ3v) is 4.26. The lowest BCUT2D eigenvalue weighted by Gasteiger charge is -2.20. The predicted octanol–water partition coefficient (Wildman–Crippen LogP) is 2.36. The van der Waals surface area contributed by atoms with Crippen LogP contribution >= 0.6 is 0 Å². The Hall–Kier alpha value is -1.26. The van der Waals surface area contributed by atoms with Crippen molar-refractivity contribution < 1.29 is 14.2 Å². The van der Waals surface area contributed by atoms with Crippen LogP contribution in [-0.2, 0) is 11.3 Å². The molecule has 2 unspecified atom stereocenters. The van der Waals surface area contributed by atoms with Gasteiger partial charge in [-0.2, -0.15) is 0 Å². The molecule has 2 fully saturated rings. The number of ether oxygens (including phenoxy) is 3. The van der Waals surface area contributed by atoms with Crippen LogP contribution < -0.4 is 14.8 Å². The number of methoxy groups -OCH3 is 2. The van der Waals surface area contributed by atoms with E-state index in [0.29, 0.717) is 12.1 Å². The highest BCUT2D eigenvalue weighted by atomic mass is 16.5.